The van der Waals surface area contributed by atoms with Crippen molar-refractivity contribution in [2.75, 3.05) is 13.1 Å². The molecule has 1 aromatic heterocycles. The average Bonchev–Trinajstić information content (AvgIpc) is 2.81. The molecule has 1 N–H and O–H groups in total. The Labute approximate surface area is 130 Å². The summed E-state index contributed by atoms with van der Waals surface area (Å²) in [7, 11) is -3.37. The monoisotopic (exact) mass is 337 g/mol. The third-order valence-corrected chi connectivity index (χ3v) is 7.45. The van der Waals surface area contributed by atoms with Crippen LogP contribution in [0.25, 0.3) is 0 Å². The number of sulfonamides is 1. The molecular formula is C12H20ClN3O2S2. The second-order valence-electron chi connectivity index (χ2n) is 5.40. The van der Waals surface area contributed by atoms with Gasteiger partial charge in [-0.25, -0.2) is 13.4 Å². The predicted octanol–water partition coefficient (Wildman–Crippen LogP) is 1.70. The first-order valence-corrected chi connectivity index (χ1v) is 8.92. The number of nitrogens with one attached hydrogen (secondary N) is 1. The van der Waals surface area contributed by atoms with Crippen LogP contribution in [0.1, 0.15) is 30.0 Å². The van der Waals surface area contributed by atoms with Crippen molar-refractivity contribution < 1.29 is 8.42 Å². The third kappa shape index (κ3) is 2.87. The van der Waals surface area contributed by atoms with Gasteiger partial charge in [0.1, 0.15) is 0 Å². The number of halogens is 1. The summed E-state index contributed by atoms with van der Waals surface area (Å²) in [5.74, 6) is 0. The molecule has 3 rings (SSSR count). The van der Waals surface area contributed by atoms with Gasteiger partial charge in [-0.15, -0.1) is 23.7 Å². The summed E-state index contributed by atoms with van der Waals surface area (Å²) < 4.78 is 27.5. The Hall–Kier alpha value is -0.210. The molecular weight excluding hydrogens is 318 g/mol. The maximum atomic E-state index is 12.7. The van der Waals surface area contributed by atoms with E-state index in [1.54, 1.807) is 11.2 Å². The summed E-state index contributed by atoms with van der Waals surface area (Å²) in [6.07, 6.45) is 3.17. The van der Waals surface area contributed by atoms with Crippen LogP contribution in [0.2, 0.25) is 0 Å². The number of hydrogen-bond acceptors (Lipinski definition) is 5. The van der Waals surface area contributed by atoms with Crippen molar-refractivity contribution in [2.24, 2.45) is 0 Å². The summed E-state index contributed by atoms with van der Waals surface area (Å²) in [5, 5.41) is 4.32. The van der Waals surface area contributed by atoms with Crippen LogP contribution < -0.4 is 5.32 Å². The number of hydrogen-bond donors (Lipinski definition) is 1. The third-order valence-electron chi connectivity index (χ3n) is 3.92. The van der Waals surface area contributed by atoms with Crippen LogP contribution in [0.3, 0.4) is 0 Å². The van der Waals surface area contributed by atoms with Gasteiger partial charge >= 0.3 is 0 Å². The highest BCUT2D eigenvalue weighted by Gasteiger charge is 2.36. The second-order valence-corrected chi connectivity index (χ2v) is 8.73. The van der Waals surface area contributed by atoms with Crippen LogP contribution in [-0.2, 0) is 10.0 Å². The van der Waals surface area contributed by atoms with Gasteiger partial charge in [-0.05, 0) is 33.1 Å². The highest BCUT2D eigenvalue weighted by atomic mass is 35.5. The normalized spacial score (nSPS) is 27.1. The first kappa shape index (κ1) is 16.2. The van der Waals surface area contributed by atoms with Crippen molar-refractivity contribution >= 4 is 33.8 Å². The summed E-state index contributed by atoms with van der Waals surface area (Å²) in [4.78, 5) is 4.24. The first-order valence-electron chi connectivity index (χ1n) is 6.67. The molecule has 3 heterocycles. The van der Waals surface area contributed by atoms with Gasteiger partial charge in [-0.3, -0.25) is 0 Å². The van der Waals surface area contributed by atoms with Crippen LogP contribution in [0.15, 0.2) is 4.21 Å². The summed E-state index contributed by atoms with van der Waals surface area (Å²) in [6, 6.07) is 0.811. The zero-order chi connectivity index (χ0) is 13.6. The molecule has 8 heteroatoms. The largest absolute Gasteiger partial charge is 0.310 e. The molecule has 2 fully saturated rings. The van der Waals surface area contributed by atoms with E-state index >= 15 is 0 Å². The van der Waals surface area contributed by atoms with E-state index in [4.69, 9.17) is 0 Å². The van der Waals surface area contributed by atoms with Crippen LogP contribution in [0.4, 0.5) is 0 Å². The fourth-order valence-corrected chi connectivity index (χ4v) is 6.12. The van der Waals surface area contributed by atoms with E-state index in [0.717, 1.165) is 17.8 Å². The number of nitrogens with zero attached hydrogens (tertiary/aromatic N) is 2. The maximum Gasteiger partial charge on any atom is 0.254 e. The van der Waals surface area contributed by atoms with Crippen LogP contribution in [-0.4, -0.2) is 42.9 Å². The molecule has 2 aliphatic heterocycles. The van der Waals surface area contributed by atoms with Gasteiger partial charge in [0.05, 0.1) is 10.7 Å². The zero-order valence-corrected chi connectivity index (χ0v) is 14.1. The van der Waals surface area contributed by atoms with Gasteiger partial charge < -0.3 is 5.32 Å². The quantitative estimate of drug-likeness (QED) is 0.892. The van der Waals surface area contributed by atoms with Gasteiger partial charge in [0.2, 0.25) is 0 Å². The molecule has 0 spiro atoms. The molecule has 1 aromatic rings. The van der Waals surface area contributed by atoms with Crippen molar-refractivity contribution in [2.45, 2.75) is 49.4 Å². The molecule has 0 aliphatic carbocycles. The molecule has 114 valence electrons. The van der Waals surface area contributed by atoms with Gasteiger partial charge in [0.15, 0.2) is 4.21 Å². The Balaban J connectivity index is 0.00000147. The lowest BCUT2D eigenvalue weighted by molar-refractivity contribution is 0.384. The van der Waals surface area contributed by atoms with Crippen molar-refractivity contribution in [3.63, 3.8) is 0 Å². The number of aryl methyl sites for hydroxylation is 2. The van der Waals surface area contributed by atoms with E-state index in [0.29, 0.717) is 35.1 Å². The Kier molecular flexibility index (Phi) is 4.76. The van der Waals surface area contributed by atoms with E-state index in [1.165, 1.54) is 17.8 Å². The molecule has 0 radical (unpaired) electrons. The summed E-state index contributed by atoms with van der Waals surface area (Å²) in [5.41, 5.74) is 0.630. The maximum absolute atomic E-state index is 12.7. The molecule has 0 aromatic carbocycles. The minimum atomic E-state index is -3.37. The molecule has 2 unspecified atom stereocenters. The SMILES string of the molecule is Cc1nc(C)c(S(=O)(=O)N2CCC3CCC(C2)N3)s1.Cl. The topological polar surface area (TPSA) is 62.3 Å². The van der Waals surface area contributed by atoms with Crippen molar-refractivity contribution in [3.05, 3.63) is 10.7 Å². The van der Waals surface area contributed by atoms with Gasteiger partial charge in [0.25, 0.3) is 10.0 Å². The van der Waals surface area contributed by atoms with Crippen molar-refractivity contribution in [1.29, 1.82) is 0 Å². The number of fused-ring (bicyclic) bond motifs is 2. The average molecular weight is 338 g/mol. The molecule has 0 saturated carbocycles. The molecule has 2 atom stereocenters. The highest BCUT2D eigenvalue weighted by molar-refractivity contribution is 7.91. The summed E-state index contributed by atoms with van der Waals surface area (Å²) >= 11 is 1.28. The van der Waals surface area contributed by atoms with Gasteiger partial charge in [-0.2, -0.15) is 4.31 Å². The van der Waals surface area contributed by atoms with Crippen LogP contribution in [0, 0.1) is 13.8 Å². The molecule has 20 heavy (non-hydrogen) atoms. The van der Waals surface area contributed by atoms with Crippen molar-refractivity contribution in [3.8, 4) is 0 Å². The Morgan fingerprint density at radius 1 is 1.25 bits per heavy atom. The molecule has 0 amide bonds. The van der Waals surface area contributed by atoms with E-state index < -0.39 is 10.0 Å². The lowest BCUT2D eigenvalue weighted by atomic mass is 10.1. The van der Waals surface area contributed by atoms with Crippen molar-refractivity contribution in [1.82, 2.24) is 14.6 Å². The minimum Gasteiger partial charge on any atom is -0.310 e. The minimum absolute atomic E-state index is 0. The van der Waals surface area contributed by atoms with Gasteiger partial charge in [-0.1, -0.05) is 0 Å². The van der Waals surface area contributed by atoms with Crippen LogP contribution in [0.5, 0.6) is 0 Å². The van der Waals surface area contributed by atoms with E-state index in [9.17, 15) is 8.42 Å². The zero-order valence-electron chi connectivity index (χ0n) is 11.6. The first-order chi connectivity index (χ1) is 8.96. The number of rotatable bonds is 2. The molecule has 5 nitrogen and oxygen atoms in total. The van der Waals surface area contributed by atoms with Crippen LogP contribution >= 0.6 is 23.7 Å². The molecule has 2 bridgehead atoms. The standard InChI is InChI=1S/C12H19N3O2S2.ClH/c1-8-12(18-9(2)13-8)19(16,17)15-6-5-10-3-4-11(7-15)14-10;/h10-11,14H,3-7H2,1-2H3;1H. The Morgan fingerprint density at radius 3 is 2.60 bits per heavy atom. The summed E-state index contributed by atoms with van der Waals surface area (Å²) in [6.45, 7) is 4.84. The lowest BCUT2D eigenvalue weighted by Gasteiger charge is -2.23. The van der Waals surface area contributed by atoms with Gasteiger partial charge in [0, 0.05) is 25.2 Å². The Morgan fingerprint density at radius 2 is 1.95 bits per heavy atom. The predicted molar refractivity (Wildman–Crippen MR) is 82.2 cm³/mol. The fourth-order valence-electron chi connectivity index (χ4n) is 3.00. The smallest absolute Gasteiger partial charge is 0.254 e. The lowest BCUT2D eigenvalue weighted by Crippen LogP contribution is -2.38. The van der Waals surface area contributed by atoms with E-state index in [2.05, 4.69) is 10.3 Å². The van der Waals surface area contributed by atoms with E-state index in [-0.39, 0.29) is 12.4 Å². The molecule has 2 aliphatic rings. The number of thiazole rings is 1. The second kappa shape index (κ2) is 5.88. The fraction of sp³-hybridized carbons (Fsp3) is 0.750. The Bertz CT molecular complexity index is 588. The molecule has 2 saturated heterocycles. The highest BCUT2D eigenvalue weighted by Crippen LogP contribution is 2.29. The van der Waals surface area contributed by atoms with E-state index in [1.807, 2.05) is 6.92 Å². The number of aromatic nitrogens is 1.